The summed E-state index contributed by atoms with van der Waals surface area (Å²) in [5.74, 6) is 0. The monoisotopic (exact) mass is 224 g/mol. The molecule has 1 saturated heterocycles. The number of rotatable bonds is 3. The van der Waals surface area contributed by atoms with Gasteiger partial charge in [-0.05, 0) is 0 Å². The van der Waals surface area contributed by atoms with Gasteiger partial charge in [0.2, 0.25) is 0 Å². The largest absolute Gasteiger partial charge is 0.760 e. The zero-order valence-corrected chi connectivity index (χ0v) is 9.99. The molecule has 3 atom stereocenters. The average molecular weight is 224 g/mol. The number of aliphatic hydroxyl groups is 2. The van der Waals surface area contributed by atoms with E-state index in [4.69, 9.17) is 8.90 Å². The van der Waals surface area contributed by atoms with E-state index in [-0.39, 0.29) is 13.1 Å². The summed E-state index contributed by atoms with van der Waals surface area (Å²) in [6.07, 6.45) is -0.609. The summed E-state index contributed by atoms with van der Waals surface area (Å²) >= 11 is -1.97. The third-order valence-electron chi connectivity index (χ3n) is 2.19. The van der Waals surface area contributed by atoms with Crippen LogP contribution in [0.4, 0.5) is 0 Å². The zero-order valence-electron chi connectivity index (χ0n) is 7.17. The molecule has 0 amide bonds. The SMILES string of the molecule is O=S([O-])N1C[C@H]([O][AlH2])[C@](O)(CO)C1. The Bertz CT molecular complexity index is 217. The molecule has 0 spiro atoms. The van der Waals surface area contributed by atoms with Crippen molar-refractivity contribution in [2.75, 3.05) is 19.7 Å². The summed E-state index contributed by atoms with van der Waals surface area (Å²) in [7, 11) is 0. The lowest BCUT2D eigenvalue weighted by Gasteiger charge is -2.26. The highest BCUT2D eigenvalue weighted by Crippen LogP contribution is 2.24. The van der Waals surface area contributed by atoms with Crippen molar-refractivity contribution in [3.05, 3.63) is 0 Å². The van der Waals surface area contributed by atoms with E-state index in [9.17, 15) is 13.9 Å². The second kappa shape index (κ2) is 4.34. The fourth-order valence-electron chi connectivity index (χ4n) is 1.39. The maximum atomic E-state index is 10.6. The first-order valence-electron chi connectivity index (χ1n) is 3.74. The van der Waals surface area contributed by atoms with Gasteiger partial charge in [-0.25, -0.2) is 4.31 Å². The standard InChI is InChI=1S/C5H10NO5S.Al.2H/c7-3-5(9)2-6(12(10)11)1-4(5)8;;;/h4,7,9H,1-3H2,(H,10,11);;;/q-1;+1;;/p-1/t4-,5+;;;/m0.../s1. The summed E-state index contributed by atoms with van der Waals surface area (Å²) in [4.78, 5) is 0. The number of aliphatic hydroxyl groups excluding tert-OH is 1. The Labute approximate surface area is 86.7 Å². The van der Waals surface area contributed by atoms with Gasteiger partial charge in [-0.1, -0.05) is 0 Å². The quantitative estimate of drug-likeness (QED) is 0.388. The molecule has 0 saturated carbocycles. The lowest BCUT2D eigenvalue weighted by molar-refractivity contribution is -0.0621. The van der Waals surface area contributed by atoms with Gasteiger partial charge >= 0.3 is 16.6 Å². The first-order chi connectivity index (χ1) is 6.03. The van der Waals surface area contributed by atoms with Gasteiger partial charge in [0.05, 0.1) is 12.7 Å². The van der Waals surface area contributed by atoms with Gasteiger partial charge in [0.25, 0.3) is 0 Å². The zero-order chi connectivity index (χ0) is 10.1. The molecule has 0 aromatic heterocycles. The molecule has 0 aromatic rings. The molecule has 2 N–H and O–H groups in total. The molecule has 1 rings (SSSR count). The van der Waals surface area contributed by atoms with Crippen LogP contribution in [0, 0.1) is 0 Å². The molecule has 13 heavy (non-hydrogen) atoms. The van der Waals surface area contributed by atoms with Crippen LogP contribution in [-0.4, -0.2) is 71.3 Å². The second-order valence-electron chi connectivity index (χ2n) is 3.03. The van der Waals surface area contributed by atoms with Gasteiger partial charge in [-0.2, -0.15) is 0 Å². The molecular weight excluding hydrogens is 213 g/mol. The maximum Gasteiger partial charge on any atom is 0.410 e. The molecule has 8 heteroatoms. The van der Waals surface area contributed by atoms with Gasteiger partial charge in [-0.15, -0.1) is 0 Å². The lowest BCUT2D eigenvalue weighted by atomic mass is 10.0. The molecule has 0 radical (unpaired) electrons. The summed E-state index contributed by atoms with van der Waals surface area (Å²) in [5.41, 5.74) is -1.44. The van der Waals surface area contributed by atoms with Crippen molar-refractivity contribution in [1.82, 2.24) is 4.31 Å². The molecular formula is C5H11AlNO5S-. The van der Waals surface area contributed by atoms with Crippen molar-refractivity contribution < 1.29 is 22.8 Å². The molecule has 1 unspecified atom stereocenters. The van der Waals surface area contributed by atoms with E-state index in [2.05, 4.69) is 0 Å². The Balaban J connectivity index is 2.72. The second-order valence-corrected chi connectivity index (χ2v) is 4.45. The normalized spacial score (nSPS) is 37.9. The molecule has 6 nitrogen and oxygen atoms in total. The fourth-order valence-corrected chi connectivity index (χ4v) is 2.56. The van der Waals surface area contributed by atoms with E-state index < -0.39 is 29.6 Å². The Hall–Kier alpha value is 0.482. The first-order valence-corrected chi connectivity index (χ1v) is 5.58. The summed E-state index contributed by atoms with van der Waals surface area (Å²) < 4.78 is 27.2. The van der Waals surface area contributed by atoms with E-state index in [1.54, 1.807) is 0 Å². The molecule has 0 aromatic carbocycles. The van der Waals surface area contributed by atoms with Crippen molar-refractivity contribution in [3.63, 3.8) is 0 Å². The Morgan fingerprint density at radius 2 is 2.46 bits per heavy atom. The minimum absolute atomic E-state index is 0.105. The van der Waals surface area contributed by atoms with Gasteiger partial charge in [-0.3, -0.25) is 4.21 Å². The van der Waals surface area contributed by atoms with Crippen LogP contribution in [0.2, 0.25) is 0 Å². The van der Waals surface area contributed by atoms with Crippen molar-refractivity contribution in [2.24, 2.45) is 0 Å². The highest BCUT2D eigenvalue weighted by atomic mass is 32.2. The predicted molar refractivity (Wildman–Crippen MR) is 45.9 cm³/mol. The van der Waals surface area contributed by atoms with Crippen molar-refractivity contribution in [3.8, 4) is 0 Å². The smallest absolute Gasteiger partial charge is 0.410 e. The van der Waals surface area contributed by atoms with Gasteiger partial charge in [0.1, 0.15) is 5.60 Å². The maximum absolute atomic E-state index is 10.6. The molecule has 0 bridgehead atoms. The molecule has 1 heterocycles. The minimum Gasteiger partial charge on any atom is -0.760 e. The van der Waals surface area contributed by atoms with Gasteiger partial charge < -0.3 is 18.6 Å². The number of hydrogen-bond acceptors (Lipinski definition) is 5. The molecule has 1 fully saturated rings. The highest BCUT2D eigenvalue weighted by molar-refractivity contribution is 7.76. The number of hydrogen-bond donors (Lipinski definition) is 2. The van der Waals surface area contributed by atoms with Crippen LogP contribution < -0.4 is 0 Å². The van der Waals surface area contributed by atoms with Crippen molar-refractivity contribution in [1.29, 1.82) is 0 Å². The van der Waals surface area contributed by atoms with E-state index in [0.29, 0.717) is 16.6 Å². The number of nitrogens with zero attached hydrogens (tertiary/aromatic N) is 1. The predicted octanol–water partition coefficient (Wildman–Crippen LogP) is -3.25. The Morgan fingerprint density at radius 3 is 2.77 bits per heavy atom. The first kappa shape index (κ1) is 11.6. The highest BCUT2D eigenvalue weighted by Gasteiger charge is 2.44. The van der Waals surface area contributed by atoms with E-state index in [1.807, 2.05) is 0 Å². The van der Waals surface area contributed by atoms with Crippen LogP contribution in [0.25, 0.3) is 0 Å². The van der Waals surface area contributed by atoms with Crippen molar-refractivity contribution in [2.45, 2.75) is 11.7 Å². The van der Waals surface area contributed by atoms with Gasteiger partial charge in [0.15, 0.2) is 0 Å². The summed E-state index contributed by atoms with van der Waals surface area (Å²) in [6.45, 7) is -0.489. The van der Waals surface area contributed by atoms with Gasteiger partial charge in [0, 0.05) is 24.4 Å². The van der Waals surface area contributed by atoms with Crippen LogP contribution in [0.3, 0.4) is 0 Å². The summed E-state index contributed by atoms with van der Waals surface area (Å²) in [6, 6.07) is 0. The Morgan fingerprint density at radius 1 is 1.85 bits per heavy atom. The lowest BCUT2D eigenvalue weighted by Crippen LogP contribution is -2.46. The van der Waals surface area contributed by atoms with Crippen LogP contribution in [0.1, 0.15) is 0 Å². The van der Waals surface area contributed by atoms with Crippen molar-refractivity contribution >= 4 is 27.9 Å². The van der Waals surface area contributed by atoms with Crippen LogP contribution in [0.15, 0.2) is 0 Å². The average Bonchev–Trinajstić information content (AvgIpc) is 2.44. The molecule has 76 valence electrons. The fraction of sp³-hybridized carbons (Fsp3) is 1.00. The molecule has 0 aliphatic carbocycles. The minimum atomic E-state index is -2.36. The number of β-amino-alcohol motifs (C(OH)–C–C–N with tert-alkyl or cyclic N) is 1. The summed E-state index contributed by atoms with van der Waals surface area (Å²) in [5, 5.41) is 18.6. The topological polar surface area (TPSA) is 93.1 Å². The van der Waals surface area contributed by atoms with Crippen LogP contribution in [-0.2, 0) is 15.1 Å². The van der Waals surface area contributed by atoms with E-state index in [1.165, 1.54) is 0 Å². The van der Waals surface area contributed by atoms with Crippen LogP contribution in [0.5, 0.6) is 0 Å². The third-order valence-corrected chi connectivity index (χ3v) is 3.46. The third kappa shape index (κ3) is 2.29. The molecule has 1 aliphatic rings. The molecule has 1 aliphatic heterocycles. The van der Waals surface area contributed by atoms with Crippen LogP contribution >= 0.6 is 0 Å². The van der Waals surface area contributed by atoms with E-state index >= 15 is 0 Å². The van der Waals surface area contributed by atoms with E-state index in [0.717, 1.165) is 4.31 Å². The Kier molecular flexibility index (Phi) is 3.85.